The number of ether oxygens (including phenoxy) is 6. The van der Waals surface area contributed by atoms with Crippen LogP contribution < -0.4 is 28.4 Å². The van der Waals surface area contributed by atoms with Crippen LogP contribution in [0.15, 0.2) is 75.6 Å². The molecule has 0 amide bonds. The summed E-state index contributed by atoms with van der Waals surface area (Å²) in [7, 11) is 10.2. The number of aliphatic imine (C=N–C) groups is 3. The predicted octanol–water partition coefficient (Wildman–Crippen LogP) is 7.93. The molecule has 0 radical (unpaired) electrons. The Hall–Kier alpha value is -4.56. The van der Waals surface area contributed by atoms with Gasteiger partial charge in [0.25, 0.3) is 0 Å². The SMILES string of the molecule is CCC(CCC(C)c1ccc(C2=NCCc3cc(OC)c(OC)cc32)cc1)CC(C1=NCCc2cc(OC)c(OC)cc21)C1=NCCc2cc(OC)c(OC)cc21.Cl.Cl.Cl.O.O.O. The van der Waals surface area contributed by atoms with E-state index in [1.807, 2.05) is 0 Å². The summed E-state index contributed by atoms with van der Waals surface area (Å²) >= 11 is 0. The van der Waals surface area contributed by atoms with Crippen molar-refractivity contribution in [3.05, 3.63) is 105 Å². The Kier molecular flexibility index (Phi) is 23.0. The number of hydrogen-bond donors (Lipinski definition) is 0. The molecule has 0 spiro atoms. The normalized spacial score (nSPS) is 14.1. The monoisotopic (exact) mass is 933 g/mol. The zero-order valence-electron chi connectivity index (χ0n) is 37.6. The first kappa shape index (κ1) is 56.5. The molecule has 4 aromatic carbocycles. The molecule has 0 fully saturated rings. The van der Waals surface area contributed by atoms with Crippen LogP contribution in [0.25, 0.3) is 0 Å². The molecule has 12 nitrogen and oxygen atoms in total. The van der Waals surface area contributed by atoms with Crippen LogP contribution >= 0.6 is 37.2 Å². The van der Waals surface area contributed by atoms with Gasteiger partial charge in [-0.15, -0.1) is 37.2 Å². The predicted molar refractivity (Wildman–Crippen MR) is 262 cm³/mol. The number of halogens is 3. The van der Waals surface area contributed by atoms with Gasteiger partial charge in [0.15, 0.2) is 34.5 Å². The molecule has 0 aromatic heterocycles. The number of fused-ring (bicyclic) bond motifs is 3. The van der Waals surface area contributed by atoms with Gasteiger partial charge in [-0.25, -0.2) is 0 Å². The van der Waals surface area contributed by atoms with E-state index in [9.17, 15) is 0 Å². The summed E-state index contributed by atoms with van der Waals surface area (Å²) in [5.74, 6) is 5.26. The largest absolute Gasteiger partial charge is 0.493 e. The number of benzene rings is 4. The molecule has 2 atom stereocenters. The number of hydrogen-bond acceptors (Lipinski definition) is 9. The molecular formula is C48H66Cl3N3O9. The molecule has 4 aromatic rings. The third kappa shape index (κ3) is 11.8. The van der Waals surface area contributed by atoms with Crippen LogP contribution in [-0.4, -0.2) is 95.9 Å². The van der Waals surface area contributed by atoms with Gasteiger partial charge < -0.3 is 44.8 Å². The van der Waals surface area contributed by atoms with Crippen LogP contribution in [0.3, 0.4) is 0 Å². The molecule has 3 aliphatic heterocycles. The standard InChI is InChI=1S/C48H57N3O6.3ClH.3H2O/c1-9-30(11-10-29(2)31-12-14-32(15-13-31)46-36-26-43(55-6)40(52-3)23-33(36)16-19-49-46)22-39(47-37-27-44(56-7)41(53-4)24-34(37)17-20-50-47)48-38-28-45(57-8)42(54-5)25-35(38)18-21-51-48;;;;;;/h12-15,23-30,39H,9-11,16-22H2,1-8H3;3*1H;3*1H2. The fraction of sp³-hybridized carbons (Fsp3) is 0.438. The molecule has 6 N–H and O–H groups in total. The molecule has 15 heteroatoms. The van der Waals surface area contributed by atoms with Gasteiger partial charge in [-0.2, -0.15) is 0 Å². The van der Waals surface area contributed by atoms with E-state index >= 15 is 0 Å². The summed E-state index contributed by atoms with van der Waals surface area (Å²) in [5.41, 5.74) is 12.7. The van der Waals surface area contributed by atoms with Gasteiger partial charge in [-0.05, 0) is 109 Å². The lowest BCUT2D eigenvalue weighted by molar-refractivity contribution is 0.354. The van der Waals surface area contributed by atoms with E-state index < -0.39 is 0 Å². The molecule has 0 bridgehead atoms. The van der Waals surface area contributed by atoms with Crippen molar-refractivity contribution < 1.29 is 44.8 Å². The van der Waals surface area contributed by atoms with Gasteiger partial charge in [-0.1, -0.05) is 44.5 Å². The van der Waals surface area contributed by atoms with Gasteiger partial charge in [0.05, 0.1) is 59.8 Å². The van der Waals surface area contributed by atoms with E-state index in [0.29, 0.717) is 23.3 Å². The summed E-state index contributed by atoms with van der Waals surface area (Å²) in [6.07, 6.45) is 6.78. The van der Waals surface area contributed by atoms with Crippen LogP contribution in [0.5, 0.6) is 34.5 Å². The lowest BCUT2D eigenvalue weighted by Crippen LogP contribution is -2.33. The third-order valence-electron chi connectivity index (χ3n) is 12.2. The van der Waals surface area contributed by atoms with Crippen molar-refractivity contribution in [1.82, 2.24) is 0 Å². The topological polar surface area (TPSA) is 187 Å². The quantitative estimate of drug-likeness (QED) is 0.110. The molecule has 0 aliphatic carbocycles. The molecule has 63 heavy (non-hydrogen) atoms. The smallest absolute Gasteiger partial charge is 0.161 e. The van der Waals surface area contributed by atoms with Crippen LogP contribution in [-0.2, 0) is 19.3 Å². The van der Waals surface area contributed by atoms with Gasteiger partial charge in [0.1, 0.15) is 0 Å². The molecule has 3 aliphatic rings. The van der Waals surface area contributed by atoms with Crippen LogP contribution in [0, 0.1) is 11.8 Å². The average Bonchev–Trinajstić information content (AvgIpc) is 3.26. The van der Waals surface area contributed by atoms with Gasteiger partial charge in [0.2, 0.25) is 0 Å². The first-order chi connectivity index (χ1) is 27.8. The van der Waals surface area contributed by atoms with Crippen molar-refractivity contribution in [2.75, 3.05) is 62.3 Å². The minimum atomic E-state index is -0.00317. The number of nitrogens with zero attached hydrogens (tertiary/aromatic N) is 3. The lowest BCUT2D eigenvalue weighted by Gasteiger charge is -2.32. The van der Waals surface area contributed by atoms with Crippen molar-refractivity contribution in [1.29, 1.82) is 0 Å². The van der Waals surface area contributed by atoms with E-state index in [0.717, 1.165) is 127 Å². The molecule has 3 heterocycles. The molecular weight excluding hydrogens is 869 g/mol. The first-order valence-electron chi connectivity index (χ1n) is 20.3. The molecule has 0 saturated carbocycles. The van der Waals surface area contributed by atoms with Crippen molar-refractivity contribution in [3.8, 4) is 34.5 Å². The van der Waals surface area contributed by atoms with E-state index in [1.165, 1.54) is 22.3 Å². The van der Waals surface area contributed by atoms with Crippen LogP contribution in [0.4, 0.5) is 0 Å². The maximum atomic E-state index is 5.82. The van der Waals surface area contributed by atoms with E-state index in [2.05, 4.69) is 74.5 Å². The fourth-order valence-corrected chi connectivity index (χ4v) is 8.86. The first-order valence-corrected chi connectivity index (χ1v) is 20.3. The van der Waals surface area contributed by atoms with Crippen molar-refractivity contribution >= 4 is 54.4 Å². The van der Waals surface area contributed by atoms with E-state index in [-0.39, 0.29) is 59.6 Å². The Labute approximate surface area is 391 Å². The average molecular weight is 935 g/mol. The van der Waals surface area contributed by atoms with E-state index in [4.69, 9.17) is 43.4 Å². The van der Waals surface area contributed by atoms with Gasteiger partial charge in [-0.3, -0.25) is 15.0 Å². The van der Waals surface area contributed by atoms with Gasteiger partial charge >= 0.3 is 0 Å². The minimum Gasteiger partial charge on any atom is -0.493 e. The van der Waals surface area contributed by atoms with E-state index in [1.54, 1.807) is 42.7 Å². The Morgan fingerprint density at radius 3 is 1.30 bits per heavy atom. The summed E-state index contributed by atoms with van der Waals surface area (Å²) < 4.78 is 34.3. The highest BCUT2D eigenvalue weighted by Gasteiger charge is 2.34. The Balaban J connectivity index is 0.00000331. The van der Waals surface area contributed by atoms with Gasteiger partial charge in [0, 0.05) is 47.8 Å². The highest BCUT2D eigenvalue weighted by Crippen LogP contribution is 2.40. The Morgan fingerprint density at radius 1 is 0.508 bits per heavy atom. The summed E-state index contributed by atoms with van der Waals surface area (Å²) in [5, 5.41) is 0. The van der Waals surface area contributed by atoms with Crippen molar-refractivity contribution in [3.63, 3.8) is 0 Å². The van der Waals surface area contributed by atoms with Crippen molar-refractivity contribution in [2.45, 2.75) is 64.7 Å². The summed E-state index contributed by atoms with van der Waals surface area (Å²) in [6.45, 7) is 6.89. The lowest BCUT2D eigenvalue weighted by atomic mass is 9.76. The second-order valence-electron chi connectivity index (χ2n) is 15.3. The van der Waals surface area contributed by atoms with Crippen LogP contribution in [0.2, 0.25) is 0 Å². The second-order valence-corrected chi connectivity index (χ2v) is 15.3. The minimum absolute atomic E-state index is 0. The highest BCUT2D eigenvalue weighted by molar-refractivity contribution is 6.22. The molecule has 7 rings (SSSR count). The number of methoxy groups -OCH3 is 6. The molecule has 2 unspecified atom stereocenters. The Bertz CT molecular complexity index is 2120. The summed E-state index contributed by atoms with van der Waals surface area (Å²) in [4.78, 5) is 15.6. The second kappa shape index (κ2) is 25.7. The third-order valence-corrected chi connectivity index (χ3v) is 12.2. The highest BCUT2D eigenvalue weighted by atomic mass is 35.5. The summed E-state index contributed by atoms with van der Waals surface area (Å²) in [6, 6.07) is 21.7. The maximum absolute atomic E-state index is 5.82. The van der Waals surface area contributed by atoms with Crippen molar-refractivity contribution in [2.24, 2.45) is 26.8 Å². The zero-order chi connectivity index (χ0) is 40.1. The Morgan fingerprint density at radius 2 is 0.889 bits per heavy atom. The van der Waals surface area contributed by atoms with Crippen LogP contribution in [0.1, 0.15) is 90.0 Å². The zero-order valence-corrected chi connectivity index (χ0v) is 40.0. The maximum Gasteiger partial charge on any atom is 0.161 e. The molecule has 0 saturated heterocycles. The fourth-order valence-electron chi connectivity index (χ4n) is 8.86. The molecule has 348 valence electrons. The number of rotatable bonds is 16.